The van der Waals surface area contributed by atoms with E-state index in [0.717, 1.165) is 24.0 Å². The summed E-state index contributed by atoms with van der Waals surface area (Å²) in [6, 6.07) is 1.71. The molecule has 0 bridgehead atoms. The van der Waals surface area contributed by atoms with Gasteiger partial charge in [-0.15, -0.1) is 0 Å². The molecule has 1 fully saturated rings. The Kier molecular flexibility index (Phi) is 4.64. The van der Waals surface area contributed by atoms with Crippen LogP contribution in [0, 0.1) is 6.92 Å². The SMILES string of the molecule is CCc1c(C)c2cc(Cl)c(O)c(C[NH+]3CCCCC3)c2oc1=O. The molecule has 0 unspecified atom stereocenters. The molecule has 5 heteroatoms. The number of benzene rings is 1. The third-order valence-electron chi connectivity index (χ3n) is 4.94. The first-order chi connectivity index (χ1) is 11.0. The number of hydrogen-bond donors (Lipinski definition) is 2. The number of rotatable bonds is 3. The minimum absolute atomic E-state index is 0.0454. The monoisotopic (exact) mass is 336 g/mol. The molecule has 23 heavy (non-hydrogen) atoms. The van der Waals surface area contributed by atoms with Crippen molar-refractivity contribution in [1.82, 2.24) is 0 Å². The fraction of sp³-hybridized carbons (Fsp3) is 0.500. The molecule has 4 nitrogen and oxygen atoms in total. The van der Waals surface area contributed by atoms with Crippen LogP contribution in [0.1, 0.15) is 42.9 Å². The zero-order chi connectivity index (χ0) is 16.6. The van der Waals surface area contributed by atoms with Gasteiger partial charge in [-0.2, -0.15) is 0 Å². The highest BCUT2D eigenvalue weighted by Crippen LogP contribution is 2.35. The maximum Gasteiger partial charge on any atom is 0.339 e. The summed E-state index contributed by atoms with van der Waals surface area (Å²) in [5, 5.41) is 11.6. The van der Waals surface area contributed by atoms with Gasteiger partial charge < -0.3 is 14.4 Å². The number of piperidine rings is 1. The van der Waals surface area contributed by atoms with Gasteiger partial charge in [0.05, 0.1) is 23.7 Å². The fourth-order valence-electron chi connectivity index (χ4n) is 3.59. The van der Waals surface area contributed by atoms with Crippen molar-refractivity contribution < 1.29 is 14.4 Å². The zero-order valence-electron chi connectivity index (χ0n) is 13.7. The second-order valence-corrected chi connectivity index (χ2v) is 6.80. The summed E-state index contributed by atoms with van der Waals surface area (Å²) < 4.78 is 5.59. The Bertz CT molecular complexity index is 791. The van der Waals surface area contributed by atoms with E-state index in [1.807, 2.05) is 13.8 Å². The summed E-state index contributed by atoms with van der Waals surface area (Å²) in [5.74, 6) is 0.0454. The number of aryl methyl sites for hydroxylation is 1. The Morgan fingerprint density at radius 2 is 1.96 bits per heavy atom. The number of quaternary nitrogens is 1. The Balaban J connectivity index is 2.18. The third-order valence-corrected chi connectivity index (χ3v) is 5.23. The summed E-state index contributed by atoms with van der Waals surface area (Å²) >= 11 is 6.24. The van der Waals surface area contributed by atoms with E-state index in [-0.39, 0.29) is 11.4 Å². The number of fused-ring (bicyclic) bond motifs is 1. The van der Waals surface area contributed by atoms with Crippen molar-refractivity contribution in [3.8, 4) is 5.75 Å². The Morgan fingerprint density at radius 1 is 1.26 bits per heavy atom. The zero-order valence-corrected chi connectivity index (χ0v) is 14.4. The normalized spacial score (nSPS) is 16.1. The minimum atomic E-state index is -0.311. The second kappa shape index (κ2) is 6.54. The average molecular weight is 337 g/mol. The van der Waals surface area contributed by atoms with Crippen LogP contribution in [0.15, 0.2) is 15.3 Å². The lowest BCUT2D eigenvalue weighted by molar-refractivity contribution is -0.918. The van der Waals surface area contributed by atoms with Crippen molar-refractivity contribution >= 4 is 22.6 Å². The van der Waals surface area contributed by atoms with E-state index in [4.69, 9.17) is 16.0 Å². The molecule has 1 aliphatic rings. The molecule has 0 aliphatic carbocycles. The Morgan fingerprint density at radius 3 is 2.61 bits per heavy atom. The number of phenolic OH excluding ortho intramolecular Hbond substituents is 1. The van der Waals surface area contributed by atoms with Gasteiger partial charge in [0.25, 0.3) is 0 Å². The van der Waals surface area contributed by atoms with Gasteiger partial charge in [0.1, 0.15) is 12.3 Å². The summed E-state index contributed by atoms with van der Waals surface area (Å²) in [7, 11) is 0. The molecule has 1 aromatic heterocycles. The molecular weight excluding hydrogens is 314 g/mol. The van der Waals surface area contributed by atoms with E-state index in [9.17, 15) is 9.90 Å². The van der Waals surface area contributed by atoms with Crippen LogP contribution < -0.4 is 10.5 Å². The van der Waals surface area contributed by atoms with Crippen molar-refractivity contribution in [2.24, 2.45) is 0 Å². The first kappa shape index (κ1) is 16.3. The maximum atomic E-state index is 12.2. The fourth-order valence-corrected chi connectivity index (χ4v) is 3.82. The predicted molar refractivity (Wildman–Crippen MR) is 91.5 cm³/mol. The van der Waals surface area contributed by atoms with Crippen molar-refractivity contribution in [3.05, 3.63) is 38.2 Å². The summed E-state index contributed by atoms with van der Waals surface area (Å²) in [5.41, 5.74) is 2.41. The molecule has 0 atom stereocenters. The van der Waals surface area contributed by atoms with Crippen LogP contribution in [0.3, 0.4) is 0 Å². The van der Waals surface area contributed by atoms with Crippen molar-refractivity contribution in [2.75, 3.05) is 13.1 Å². The van der Waals surface area contributed by atoms with Gasteiger partial charge in [-0.3, -0.25) is 0 Å². The quantitative estimate of drug-likeness (QED) is 0.847. The standard InChI is InChI=1S/C18H22ClNO3/c1-3-12-11(2)13-9-15(19)16(21)14(17(13)23-18(12)22)10-20-7-5-4-6-8-20/h9,21H,3-8,10H2,1-2H3/p+1. The first-order valence-electron chi connectivity index (χ1n) is 8.33. The van der Waals surface area contributed by atoms with Crippen LogP contribution in [-0.4, -0.2) is 18.2 Å². The second-order valence-electron chi connectivity index (χ2n) is 6.40. The molecule has 0 amide bonds. The van der Waals surface area contributed by atoms with Crippen LogP contribution in [0.2, 0.25) is 5.02 Å². The van der Waals surface area contributed by atoms with E-state index in [2.05, 4.69) is 0 Å². The van der Waals surface area contributed by atoms with Gasteiger partial charge in [0.2, 0.25) is 0 Å². The smallest absolute Gasteiger partial charge is 0.339 e. The van der Waals surface area contributed by atoms with Crippen LogP contribution in [0.4, 0.5) is 0 Å². The van der Waals surface area contributed by atoms with Gasteiger partial charge in [-0.1, -0.05) is 18.5 Å². The highest BCUT2D eigenvalue weighted by molar-refractivity contribution is 6.33. The molecule has 2 N–H and O–H groups in total. The Hall–Kier alpha value is -1.52. The number of likely N-dealkylation sites (tertiary alicyclic amines) is 1. The van der Waals surface area contributed by atoms with Crippen LogP contribution in [-0.2, 0) is 13.0 Å². The van der Waals surface area contributed by atoms with Crippen LogP contribution in [0.25, 0.3) is 11.0 Å². The van der Waals surface area contributed by atoms with E-state index < -0.39 is 0 Å². The lowest BCUT2D eigenvalue weighted by Crippen LogP contribution is -3.11. The van der Waals surface area contributed by atoms with E-state index in [1.165, 1.54) is 24.2 Å². The topological polar surface area (TPSA) is 54.9 Å². The summed E-state index contributed by atoms with van der Waals surface area (Å²) in [6.45, 7) is 6.64. The lowest BCUT2D eigenvalue weighted by atomic mass is 10.0. The van der Waals surface area contributed by atoms with Gasteiger partial charge in [-0.25, -0.2) is 4.79 Å². The van der Waals surface area contributed by atoms with Crippen LogP contribution in [0.5, 0.6) is 5.75 Å². The van der Waals surface area contributed by atoms with Crippen LogP contribution >= 0.6 is 11.6 Å². The van der Waals surface area contributed by atoms with E-state index in [1.54, 1.807) is 6.07 Å². The number of phenols is 1. The highest BCUT2D eigenvalue weighted by Gasteiger charge is 2.23. The van der Waals surface area contributed by atoms with Gasteiger partial charge in [0, 0.05) is 10.9 Å². The number of nitrogens with one attached hydrogen (secondary N) is 1. The first-order valence-corrected chi connectivity index (χ1v) is 8.71. The minimum Gasteiger partial charge on any atom is -0.506 e. The lowest BCUT2D eigenvalue weighted by Gasteiger charge is -2.24. The van der Waals surface area contributed by atoms with Gasteiger partial charge in [0.15, 0.2) is 5.58 Å². The average Bonchev–Trinajstić information content (AvgIpc) is 2.54. The molecular formula is C18H23ClNO3+. The number of halogens is 1. The van der Waals surface area contributed by atoms with Crippen molar-refractivity contribution in [2.45, 2.75) is 46.1 Å². The molecule has 0 saturated carbocycles. The number of aromatic hydroxyl groups is 1. The molecule has 0 radical (unpaired) electrons. The molecule has 1 aliphatic heterocycles. The van der Waals surface area contributed by atoms with E-state index >= 15 is 0 Å². The van der Waals surface area contributed by atoms with E-state index in [0.29, 0.717) is 34.7 Å². The highest BCUT2D eigenvalue weighted by atomic mass is 35.5. The molecule has 124 valence electrons. The molecule has 1 aromatic carbocycles. The van der Waals surface area contributed by atoms with Gasteiger partial charge >= 0.3 is 5.63 Å². The summed E-state index contributed by atoms with van der Waals surface area (Å²) in [6.07, 6.45) is 4.27. The van der Waals surface area contributed by atoms with Crippen molar-refractivity contribution in [1.29, 1.82) is 0 Å². The van der Waals surface area contributed by atoms with Gasteiger partial charge in [-0.05, 0) is 44.2 Å². The Labute approximate surface area is 140 Å². The maximum absolute atomic E-state index is 12.2. The van der Waals surface area contributed by atoms with Crippen molar-refractivity contribution in [3.63, 3.8) is 0 Å². The predicted octanol–water partition coefficient (Wildman–Crippen LogP) is 2.59. The largest absolute Gasteiger partial charge is 0.506 e. The molecule has 2 aromatic rings. The number of hydrogen-bond acceptors (Lipinski definition) is 3. The molecule has 3 rings (SSSR count). The summed E-state index contributed by atoms with van der Waals surface area (Å²) in [4.78, 5) is 13.6. The third kappa shape index (κ3) is 2.98. The molecule has 0 spiro atoms. The molecule has 2 heterocycles. The molecule has 1 saturated heterocycles.